The first-order valence-electron chi connectivity index (χ1n) is 10.1. The van der Waals surface area contributed by atoms with Crippen molar-refractivity contribution in [3.63, 3.8) is 0 Å². The molecule has 0 aliphatic carbocycles. The zero-order chi connectivity index (χ0) is 17.7. The van der Waals surface area contributed by atoms with Gasteiger partial charge in [0.2, 0.25) is 0 Å². The van der Waals surface area contributed by atoms with E-state index < -0.39 is 0 Å². The molecule has 0 unspecified atom stereocenters. The molecule has 2 heteroatoms. The lowest BCUT2D eigenvalue weighted by atomic mass is 10.1. The number of nitrogens with zero attached hydrogens (tertiary/aromatic N) is 1. The molecule has 0 aliphatic heterocycles. The van der Waals surface area contributed by atoms with Gasteiger partial charge in [-0.1, -0.05) is 70.6 Å². The molecule has 0 radical (unpaired) electrons. The fourth-order valence-corrected chi connectivity index (χ4v) is 3.06. The van der Waals surface area contributed by atoms with Crippen molar-refractivity contribution >= 4 is 11.5 Å². The molecule has 2 rings (SSSR count). The minimum atomic E-state index is 0.924. The zero-order valence-corrected chi connectivity index (χ0v) is 16.1. The normalized spacial score (nSPS) is 10.8. The van der Waals surface area contributed by atoms with Gasteiger partial charge in [0.05, 0.1) is 0 Å². The van der Waals surface area contributed by atoms with Crippen LogP contribution in [0, 0.1) is 0 Å². The van der Waals surface area contributed by atoms with Crippen molar-refractivity contribution in [1.82, 2.24) is 4.98 Å². The highest BCUT2D eigenvalue weighted by Crippen LogP contribution is 2.17. The molecule has 0 amide bonds. The number of nitrogens with one attached hydrogen (secondary N) is 1. The highest BCUT2D eigenvalue weighted by Gasteiger charge is 1.99. The van der Waals surface area contributed by atoms with E-state index in [1.165, 1.54) is 68.9 Å². The summed E-state index contributed by atoms with van der Waals surface area (Å²) in [4.78, 5) is 4.55. The van der Waals surface area contributed by atoms with Gasteiger partial charge in [-0.25, -0.2) is 4.98 Å². The SMILES string of the molecule is CCCCCCc1ccc(Nc2ccc(CCCCCC)cn2)cc1. The van der Waals surface area contributed by atoms with Crippen molar-refractivity contribution in [2.45, 2.75) is 78.1 Å². The topological polar surface area (TPSA) is 24.9 Å². The number of unbranched alkanes of at least 4 members (excludes halogenated alkanes) is 6. The summed E-state index contributed by atoms with van der Waals surface area (Å²) in [6.45, 7) is 4.51. The monoisotopic (exact) mass is 338 g/mol. The summed E-state index contributed by atoms with van der Waals surface area (Å²) in [5, 5.41) is 3.40. The molecule has 0 fully saturated rings. The Morgan fingerprint density at radius 1 is 0.680 bits per heavy atom. The minimum absolute atomic E-state index is 0.924. The van der Waals surface area contributed by atoms with Gasteiger partial charge in [-0.3, -0.25) is 0 Å². The Labute approximate surface area is 154 Å². The predicted octanol–water partition coefficient (Wildman–Crippen LogP) is 7.07. The number of anilines is 2. The predicted molar refractivity (Wildman–Crippen MR) is 110 cm³/mol. The Kier molecular flexibility index (Phi) is 9.11. The average molecular weight is 339 g/mol. The zero-order valence-electron chi connectivity index (χ0n) is 16.1. The third-order valence-corrected chi connectivity index (χ3v) is 4.69. The van der Waals surface area contributed by atoms with Gasteiger partial charge in [-0.15, -0.1) is 0 Å². The smallest absolute Gasteiger partial charge is 0.130 e. The van der Waals surface area contributed by atoms with Gasteiger partial charge in [-0.05, 0) is 55.0 Å². The summed E-state index contributed by atoms with van der Waals surface area (Å²) in [6, 6.07) is 13.1. The first kappa shape index (κ1) is 19.5. The van der Waals surface area contributed by atoms with E-state index in [4.69, 9.17) is 0 Å². The summed E-state index contributed by atoms with van der Waals surface area (Å²) in [6.07, 6.45) is 14.8. The first-order valence-corrected chi connectivity index (χ1v) is 10.1. The third kappa shape index (κ3) is 7.72. The molecule has 0 spiro atoms. The van der Waals surface area contributed by atoms with Crippen molar-refractivity contribution in [2.75, 3.05) is 5.32 Å². The number of hydrogen-bond acceptors (Lipinski definition) is 2. The van der Waals surface area contributed by atoms with Crippen molar-refractivity contribution in [2.24, 2.45) is 0 Å². The maximum atomic E-state index is 4.55. The van der Waals surface area contributed by atoms with Gasteiger partial charge >= 0.3 is 0 Å². The standard InChI is InChI=1S/C23H34N2/c1-3-5-7-9-11-20-13-16-22(17-14-20)25-23-18-15-21(19-24-23)12-10-8-6-4-2/h13-19H,3-12H2,1-2H3,(H,24,25). The molecule has 0 aliphatic rings. The van der Waals surface area contributed by atoms with Crippen LogP contribution in [0.3, 0.4) is 0 Å². The van der Waals surface area contributed by atoms with Crippen molar-refractivity contribution in [1.29, 1.82) is 0 Å². The minimum Gasteiger partial charge on any atom is -0.340 e. The van der Waals surface area contributed by atoms with Gasteiger partial charge in [0.1, 0.15) is 5.82 Å². The maximum Gasteiger partial charge on any atom is 0.130 e. The second-order valence-corrected chi connectivity index (χ2v) is 6.99. The number of aromatic nitrogens is 1. The van der Waals surface area contributed by atoms with Crippen LogP contribution in [0.5, 0.6) is 0 Å². The van der Waals surface area contributed by atoms with Crippen molar-refractivity contribution in [3.8, 4) is 0 Å². The molecule has 0 saturated carbocycles. The van der Waals surface area contributed by atoms with Crippen LogP contribution < -0.4 is 5.32 Å². The van der Waals surface area contributed by atoms with E-state index in [1.807, 2.05) is 6.20 Å². The second-order valence-electron chi connectivity index (χ2n) is 6.99. The number of pyridine rings is 1. The molecule has 0 bridgehead atoms. The van der Waals surface area contributed by atoms with Crippen LogP contribution in [-0.4, -0.2) is 4.98 Å². The van der Waals surface area contributed by atoms with E-state index in [1.54, 1.807) is 0 Å². The molecule has 25 heavy (non-hydrogen) atoms. The van der Waals surface area contributed by atoms with E-state index in [2.05, 4.69) is 60.5 Å². The first-order chi connectivity index (χ1) is 12.3. The third-order valence-electron chi connectivity index (χ3n) is 4.69. The van der Waals surface area contributed by atoms with Crippen molar-refractivity contribution in [3.05, 3.63) is 53.7 Å². The number of rotatable bonds is 12. The Bertz CT molecular complexity index is 519. The lowest BCUT2D eigenvalue weighted by Crippen LogP contribution is -1.95. The van der Waals surface area contributed by atoms with E-state index in [0.717, 1.165) is 17.9 Å². The Morgan fingerprint density at radius 3 is 1.84 bits per heavy atom. The number of aryl methyl sites for hydroxylation is 2. The molecule has 136 valence electrons. The lowest BCUT2D eigenvalue weighted by Gasteiger charge is -2.08. The summed E-state index contributed by atoms with van der Waals surface area (Å²) < 4.78 is 0. The Balaban J connectivity index is 1.77. The quantitative estimate of drug-likeness (QED) is 0.419. The van der Waals surface area contributed by atoms with Gasteiger partial charge in [0.15, 0.2) is 0 Å². The molecule has 0 saturated heterocycles. The summed E-state index contributed by atoms with van der Waals surface area (Å²) >= 11 is 0. The Hall–Kier alpha value is -1.83. The van der Waals surface area contributed by atoms with Crippen molar-refractivity contribution < 1.29 is 0 Å². The van der Waals surface area contributed by atoms with Crippen LogP contribution >= 0.6 is 0 Å². The van der Waals surface area contributed by atoms with Crippen LogP contribution in [0.1, 0.15) is 76.3 Å². The highest BCUT2D eigenvalue weighted by molar-refractivity contribution is 5.56. The Morgan fingerprint density at radius 2 is 1.28 bits per heavy atom. The molecular weight excluding hydrogens is 304 g/mol. The second kappa shape index (κ2) is 11.7. The summed E-state index contributed by atoms with van der Waals surface area (Å²) in [5.74, 6) is 0.924. The molecule has 1 aromatic carbocycles. The van der Waals surface area contributed by atoms with Gasteiger partial charge < -0.3 is 5.32 Å². The maximum absolute atomic E-state index is 4.55. The molecule has 1 heterocycles. The van der Waals surface area contributed by atoms with E-state index in [9.17, 15) is 0 Å². The van der Waals surface area contributed by atoms with E-state index in [0.29, 0.717) is 0 Å². The fourth-order valence-electron chi connectivity index (χ4n) is 3.06. The molecule has 0 atom stereocenters. The largest absolute Gasteiger partial charge is 0.340 e. The average Bonchev–Trinajstić information content (AvgIpc) is 2.65. The summed E-state index contributed by atoms with van der Waals surface area (Å²) in [7, 11) is 0. The summed E-state index contributed by atoms with van der Waals surface area (Å²) in [5.41, 5.74) is 3.88. The van der Waals surface area contributed by atoms with E-state index >= 15 is 0 Å². The van der Waals surface area contributed by atoms with Crippen LogP contribution in [-0.2, 0) is 12.8 Å². The lowest BCUT2D eigenvalue weighted by molar-refractivity contribution is 0.666. The van der Waals surface area contributed by atoms with Crippen LogP contribution in [0.2, 0.25) is 0 Å². The molecule has 1 aromatic heterocycles. The molecule has 2 nitrogen and oxygen atoms in total. The molecular formula is C23H34N2. The van der Waals surface area contributed by atoms with Crippen LogP contribution in [0.4, 0.5) is 11.5 Å². The van der Waals surface area contributed by atoms with Crippen LogP contribution in [0.25, 0.3) is 0 Å². The fraction of sp³-hybridized carbons (Fsp3) is 0.522. The highest BCUT2D eigenvalue weighted by atomic mass is 15.0. The van der Waals surface area contributed by atoms with E-state index in [-0.39, 0.29) is 0 Å². The van der Waals surface area contributed by atoms with Gasteiger partial charge in [0.25, 0.3) is 0 Å². The van der Waals surface area contributed by atoms with Gasteiger partial charge in [-0.2, -0.15) is 0 Å². The van der Waals surface area contributed by atoms with Crippen LogP contribution in [0.15, 0.2) is 42.6 Å². The molecule has 1 N–H and O–H groups in total. The number of benzene rings is 1. The van der Waals surface area contributed by atoms with Gasteiger partial charge in [0, 0.05) is 11.9 Å². The number of hydrogen-bond donors (Lipinski definition) is 1. The molecule has 2 aromatic rings.